The van der Waals surface area contributed by atoms with E-state index in [9.17, 15) is 10.5 Å². The second-order valence-corrected chi connectivity index (χ2v) is 38.5. The molecule has 4 heterocycles. The molecule has 27 rings (SSSR count). The molecule has 4 aliphatic rings. The predicted molar refractivity (Wildman–Crippen MR) is 554 cm³/mol. The molecule has 0 saturated heterocycles. The van der Waals surface area contributed by atoms with Crippen molar-refractivity contribution in [2.75, 3.05) is 0 Å². The number of hydrogen-bond acceptors (Lipinski definition) is 10. The van der Waals surface area contributed by atoms with E-state index in [1.54, 1.807) is 11.3 Å². The maximum absolute atomic E-state index is 9.72. The van der Waals surface area contributed by atoms with Crippen LogP contribution in [0.4, 0.5) is 0 Å². The van der Waals surface area contributed by atoms with E-state index in [1.165, 1.54) is 180 Å². The molecule has 0 radical (unpaired) electrons. The van der Waals surface area contributed by atoms with Gasteiger partial charge >= 0.3 is 0 Å². The highest BCUT2D eigenvalue weighted by Crippen LogP contribution is 2.59. The molecule has 0 N–H and O–H groups in total. The van der Waals surface area contributed by atoms with Gasteiger partial charge in [0.25, 0.3) is 0 Å². The molecule has 0 bridgehead atoms. The zero-order chi connectivity index (χ0) is 89.3. The van der Waals surface area contributed by atoms with Crippen LogP contribution >= 0.6 is 22.7 Å². The van der Waals surface area contributed by atoms with Gasteiger partial charge in [0.2, 0.25) is 0 Å². The lowest BCUT2D eigenvalue weighted by Crippen LogP contribution is -2.14. The molecule has 0 fully saturated rings. The van der Waals surface area contributed by atoms with E-state index >= 15 is 0 Å². The molecule has 19 aromatic carbocycles. The van der Waals surface area contributed by atoms with Crippen LogP contribution in [0, 0.1) is 22.7 Å². The molecule has 0 atom stereocenters. The molecule has 23 aromatic rings. The van der Waals surface area contributed by atoms with Crippen molar-refractivity contribution < 1.29 is 0 Å². The smallest absolute Gasteiger partial charge is 0.164 e. The molecule has 134 heavy (non-hydrogen) atoms. The molecule has 8 nitrogen and oxygen atoms in total. The van der Waals surface area contributed by atoms with Crippen molar-refractivity contribution in [2.45, 2.75) is 38.5 Å². The van der Waals surface area contributed by atoms with Crippen LogP contribution in [0.2, 0.25) is 0 Å². The van der Waals surface area contributed by atoms with Gasteiger partial charge in [-0.25, -0.2) is 29.9 Å². The quantitative estimate of drug-likeness (QED) is 0.125. The number of aromatic nitrogens is 6. The summed E-state index contributed by atoms with van der Waals surface area (Å²) < 4.78 is 4.80. The van der Waals surface area contributed by atoms with Gasteiger partial charge in [-0.15, -0.1) is 22.7 Å². The van der Waals surface area contributed by atoms with E-state index in [-0.39, 0.29) is 10.8 Å². The SMILES string of the molecule is CC1(C)c2ccccc2-c2c(-c3nc(-c4ccccc4)nc(-c4ccc(-c5ccc6c7c(ccc(-c8ccc9c(c8)sc8cc(-c%10cccc(C#N)c%10)ccc89)c57)-c5ccccc5-6)cc4)n3)cccc21.CC1(C)c2ccccc2-c2c(-c3nc(-c4ccccc4)nc(-c4ccc(-c5ccc6c7c(ccc(-c8cccc9sc%10cc(C#N)ccc%10c89)c57)-c5ccccc5-6)cc4)n3)cccc21. The van der Waals surface area contributed by atoms with Crippen LogP contribution < -0.4 is 0 Å². The number of nitrogens with zero attached hydrogens (tertiary/aromatic N) is 8. The van der Waals surface area contributed by atoms with Crippen LogP contribution in [0.5, 0.6) is 0 Å². The monoisotopic (exact) mass is 1740 g/mol. The second-order valence-electron chi connectivity index (χ2n) is 36.4. The molecular weight excluding hydrogens is 1670 g/mol. The van der Waals surface area contributed by atoms with Gasteiger partial charge in [-0.2, -0.15) is 10.5 Å². The van der Waals surface area contributed by atoms with E-state index in [0.717, 1.165) is 60.3 Å². The average Bonchev–Trinajstić information content (AvgIpc) is 1.54. The first-order valence-electron chi connectivity index (χ1n) is 45.4. The fraction of sp³-hybridized carbons (Fsp3) is 0.0484. The Morgan fingerprint density at radius 2 is 0.493 bits per heavy atom. The number of thiophene rings is 2. The highest BCUT2D eigenvalue weighted by atomic mass is 32.1. The molecule has 0 aliphatic heterocycles. The predicted octanol–water partition coefficient (Wildman–Crippen LogP) is 32.8. The van der Waals surface area contributed by atoms with Gasteiger partial charge in [0.1, 0.15) is 0 Å². The first-order chi connectivity index (χ1) is 65.8. The summed E-state index contributed by atoms with van der Waals surface area (Å²) in [6, 6.07) is 143. The molecule has 10 heteroatoms. The van der Waals surface area contributed by atoms with E-state index in [4.69, 9.17) is 29.9 Å². The Morgan fingerprint density at radius 1 is 0.194 bits per heavy atom. The number of rotatable bonds is 11. The van der Waals surface area contributed by atoms with Crippen molar-refractivity contribution in [3.05, 3.63) is 422 Å². The molecule has 0 saturated carbocycles. The van der Waals surface area contributed by atoms with Gasteiger partial charge in [-0.05, 0) is 209 Å². The maximum Gasteiger partial charge on any atom is 0.164 e. The summed E-state index contributed by atoms with van der Waals surface area (Å²) in [6.07, 6.45) is 0. The molecule has 4 aliphatic carbocycles. The summed E-state index contributed by atoms with van der Waals surface area (Å²) >= 11 is 3.57. The highest BCUT2D eigenvalue weighted by molar-refractivity contribution is 7.26. The highest BCUT2D eigenvalue weighted by Gasteiger charge is 2.40. The van der Waals surface area contributed by atoms with E-state index in [0.29, 0.717) is 46.1 Å². The Balaban J connectivity index is 0.000000140. The normalized spacial score (nSPS) is 12.9. The lowest BCUT2D eigenvalue weighted by Gasteiger charge is -2.21. The van der Waals surface area contributed by atoms with Crippen LogP contribution in [0.15, 0.2) is 388 Å². The summed E-state index contributed by atoms with van der Waals surface area (Å²) in [5, 5.41) is 29.2. The third kappa shape index (κ3) is 12.2. The fourth-order valence-corrected chi connectivity index (χ4v) is 24.3. The van der Waals surface area contributed by atoms with Crippen molar-refractivity contribution in [2.24, 2.45) is 0 Å². The number of hydrogen-bond donors (Lipinski definition) is 0. The lowest BCUT2D eigenvalue weighted by molar-refractivity contribution is 0.660. The number of fused-ring (bicyclic) bond motifs is 18. The number of benzene rings is 19. The minimum atomic E-state index is -0.148. The van der Waals surface area contributed by atoms with Crippen molar-refractivity contribution in [1.29, 1.82) is 10.5 Å². The Kier molecular flexibility index (Phi) is 17.7. The van der Waals surface area contributed by atoms with E-state index in [1.807, 2.05) is 78.1 Å². The van der Waals surface area contributed by atoms with Gasteiger partial charge in [0.05, 0.1) is 23.3 Å². The van der Waals surface area contributed by atoms with Crippen molar-refractivity contribution in [3.8, 4) is 203 Å². The summed E-state index contributed by atoms with van der Waals surface area (Å²) in [6.45, 7) is 9.22. The lowest BCUT2D eigenvalue weighted by atomic mass is 9.82. The third-order valence-corrected chi connectivity index (χ3v) is 30.5. The minimum absolute atomic E-state index is 0.146. The Morgan fingerprint density at radius 3 is 0.978 bits per heavy atom. The van der Waals surface area contributed by atoms with E-state index < -0.39 is 0 Å². The van der Waals surface area contributed by atoms with Crippen LogP contribution in [0.3, 0.4) is 0 Å². The van der Waals surface area contributed by atoms with Gasteiger partial charge in [0, 0.05) is 84.6 Å². The molecule has 0 spiro atoms. The Bertz CT molecular complexity index is 9020. The Hall–Kier alpha value is -16.9. The molecule has 4 aromatic heterocycles. The summed E-state index contributed by atoms with van der Waals surface area (Å²) in [4.78, 5) is 31.3. The zero-order valence-corrected chi connectivity index (χ0v) is 75.0. The first-order valence-corrected chi connectivity index (χ1v) is 47.0. The average molecular weight is 1740 g/mol. The minimum Gasteiger partial charge on any atom is -0.208 e. The van der Waals surface area contributed by atoms with Crippen molar-refractivity contribution in [1.82, 2.24) is 29.9 Å². The van der Waals surface area contributed by atoms with Gasteiger partial charge in [-0.1, -0.05) is 373 Å². The van der Waals surface area contributed by atoms with Gasteiger partial charge in [0.15, 0.2) is 34.9 Å². The summed E-state index contributed by atoms with van der Waals surface area (Å²) in [7, 11) is 0. The molecule has 0 unspecified atom stereocenters. The largest absolute Gasteiger partial charge is 0.208 e. The first kappa shape index (κ1) is 78.2. The number of nitriles is 2. The van der Waals surface area contributed by atoms with Crippen molar-refractivity contribution >= 4 is 84.6 Å². The maximum atomic E-state index is 9.72. The van der Waals surface area contributed by atoms with Crippen LogP contribution in [-0.2, 0) is 10.8 Å². The zero-order valence-electron chi connectivity index (χ0n) is 73.3. The molecule has 624 valence electrons. The van der Waals surface area contributed by atoms with Gasteiger partial charge in [-0.3, -0.25) is 0 Å². The Labute approximate surface area is 782 Å². The fourth-order valence-electron chi connectivity index (χ4n) is 21.9. The summed E-state index contributed by atoms with van der Waals surface area (Å²) in [5.41, 5.74) is 38.5. The standard InChI is InChI=1S/C65H40N4S.C59H36N4S/c1-65(2)55-20-9-8-18-53(55)59-54(19-11-21-56(59)65)64-68-62(40-13-4-3-5-14-40)67-63(69-64)41-24-22-39(23-25-41)45-30-32-51-47-16-6-7-17-48(47)52-33-31-46(60(45)61(51)52)44-27-29-50-49-28-26-43(35-57(49)70-58(50)36-44)42-15-10-12-38(34-42)37-66;1-59(2)48-19-9-8-16-45(48)52-47(18-10-20-49(52)59)58-62-56(36-12-4-3-5-13-36)61-57(63-58)37-25-23-35(24-26-37)38-28-29-42-39-14-6-7-15-40(39)43-30-31-44(54(38)55(42)43)41-17-11-21-50-53(41)46-27-22-34(33-60)32-51(46)64-50/h3-36H,1-2H3;3-32H,1-2H3. The van der Waals surface area contributed by atoms with Crippen LogP contribution in [0.1, 0.15) is 61.1 Å². The summed E-state index contributed by atoms with van der Waals surface area (Å²) in [5.74, 6) is 3.87. The van der Waals surface area contributed by atoms with Crippen molar-refractivity contribution in [3.63, 3.8) is 0 Å². The van der Waals surface area contributed by atoms with E-state index in [2.05, 4.69) is 361 Å². The van der Waals surface area contributed by atoms with Gasteiger partial charge < -0.3 is 0 Å². The second kappa shape index (κ2) is 30.4. The topological polar surface area (TPSA) is 125 Å². The van der Waals surface area contributed by atoms with Crippen LogP contribution in [0.25, 0.3) is 253 Å². The molecular formula is C124H76N8S2. The van der Waals surface area contributed by atoms with Crippen LogP contribution in [-0.4, -0.2) is 29.9 Å². The molecule has 0 amide bonds. The third-order valence-electron chi connectivity index (χ3n) is 28.3.